The molecule has 4 heterocycles. The van der Waals surface area contributed by atoms with Crippen LogP contribution in [-0.4, -0.2) is 67.2 Å². The fourth-order valence-corrected chi connectivity index (χ4v) is 4.35. The minimum Gasteiger partial charge on any atom is -0.474 e. The third-order valence-electron chi connectivity index (χ3n) is 6.47. The number of hydrogen-bond donors (Lipinski definition) is 4. The molecule has 0 atom stereocenters. The second-order valence-electron chi connectivity index (χ2n) is 8.88. The van der Waals surface area contributed by atoms with Crippen LogP contribution in [0.3, 0.4) is 0 Å². The van der Waals surface area contributed by atoms with E-state index in [0.717, 1.165) is 43.1 Å². The van der Waals surface area contributed by atoms with E-state index in [9.17, 15) is 14.0 Å². The zero-order valence-electron chi connectivity index (χ0n) is 20.2. The van der Waals surface area contributed by atoms with E-state index in [0.29, 0.717) is 24.7 Å². The Balaban J connectivity index is 1.37. The molecular formula is C25H28FN7O3. The number of fused-ring (bicyclic) bond motifs is 1. The fraction of sp³-hybridized carbons (Fsp3) is 0.320. The average Bonchev–Trinajstić information content (AvgIpc) is 2.87. The Morgan fingerprint density at radius 3 is 2.72 bits per heavy atom. The number of aromatic nitrogens is 2. The summed E-state index contributed by atoms with van der Waals surface area (Å²) >= 11 is 0. The molecule has 0 bridgehead atoms. The van der Waals surface area contributed by atoms with E-state index in [1.807, 2.05) is 6.92 Å². The van der Waals surface area contributed by atoms with Crippen LogP contribution in [0.15, 0.2) is 41.5 Å². The van der Waals surface area contributed by atoms with Gasteiger partial charge in [0, 0.05) is 50.2 Å². The van der Waals surface area contributed by atoms with Crippen LogP contribution in [0.4, 0.5) is 32.8 Å². The van der Waals surface area contributed by atoms with Crippen molar-refractivity contribution >= 4 is 34.3 Å². The molecule has 2 aliphatic rings. The highest BCUT2D eigenvalue weighted by molar-refractivity contribution is 6.08. The van der Waals surface area contributed by atoms with E-state index in [1.54, 1.807) is 18.3 Å². The summed E-state index contributed by atoms with van der Waals surface area (Å²) in [5.41, 5.74) is 2.45. The molecule has 0 radical (unpaired) electrons. The molecule has 0 spiro atoms. The Bertz CT molecular complexity index is 1350. The number of carbonyl (C=O) groups excluding carboxylic acids is 1. The maximum atomic E-state index is 14.9. The van der Waals surface area contributed by atoms with Crippen molar-refractivity contribution in [3.05, 3.63) is 64.0 Å². The second-order valence-corrected chi connectivity index (χ2v) is 8.88. The van der Waals surface area contributed by atoms with Crippen molar-refractivity contribution in [3.63, 3.8) is 0 Å². The number of nitrogens with one attached hydrogen (secondary N) is 4. The SMILES string of the molecule is Cc1c(Nc2cc[nH]c(=O)c2C(=O)Nc2ccc(N3CCN(C)CC3)cc2F)cnc2c1NCCO2. The van der Waals surface area contributed by atoms with Crippen LogP contribution >= 0.6 is 0 Å². The van der Waals surface area contributed by atoms with Crippen molar-refractivity contribution in [2.24, 2.45) is 0 Å². The Hall–Kier alpha value is -4.12. The number of carbonyl (C=O) groups is 1. The van der Waals surface area contributed by atoms with Gasteiger partial charge in [-0.1, -0.05) is 0 Å². The maximum Gasteiger partial charge on any atom is 0.263 e. The van der Waals surface area contributed by atoms with Crippen molar-refractivity contribution in [2.75, 3.05) is 67.2 Å². The molecule has 1 fully saturated rings. The Kier molecular flexibility index (Phi) is 6.47. The largest absolute Gasteiger partial charge is 0.474 e. The number of likely N-dealkylation sites (N-methyl/N-ethyl adjacent to an activating group) is 1. The smallest absolute Gasteiger partial charge is 0.263 e. The molecule has 0 aliphatic carbocycles. The molecule has 10 nitrogen and oxygen atoms in total. The zero-order valence-corrected chi connectivity index (χ0v) is 20.2. The predicted octanol–water partition coefficient (Wildman–Crippen LogP) is 2.77. The van der Waals surface area contributed by atoms with E-state index < -0.39 is 17.3 Å². The summed E-state index contributed by atoms with van der Waals surface area (Å²) in [5, 5.41) is 8.92. The topological polar surface area (TPSA) is 115 Å². The molecule has 36 heavy (non-hydrogen) atoms. The van der Waals surface area contributed by atoms with Gasteiger partial charge >= 0.3 is 0 Å². The third-order valence-corrected chi connectivity index (χ3v) is 6.47. The highest BCUT2D eigenvalue weighted by atomic mass is 19.1. The highest BCUT2D eigenvalue weighted by Gasteiger charge is 2.22. The van der Waals surface area contributed by atoms with Gasteiger partial charge in [0.2, 0.25) is 5.88 Å². The molecule has 5 rings (SSSR count). The van der Waals surface area contributed by atoms with Gasteiger partial charge in [-0.05, 0) is 38.2 Å². The summed E-state index contributed by atoms with van der Waals surface area (Å²) in [6.07, 6.45) is 3.02. The number of benzene rings is 1. The van der Waals surface area contributed by atoms with Gasteiger partial charge in [-0.3, -0.25) is 9.59 Å². The molecule has 3 aromatic rings. The van der Waals surface area contributed by atoms with E-state index in [4.69, 9.17) is 4.74 Å². The minimum atomic E-state index is -0.726. The van der Waals surface area contributed by atoms with Gasteiger partial charge in [-0.15, -0.1) is 0 Å². The van der Waals surface area contributed by atoms with Gasteiger partial charge in [0.1, 0.15) is 23.7 Å². The standard InChI is InChI=1S/C25H28FN7O3/c1-15-20(14-29-25-22(15)27-7-12-36-25)30-19-5-6-28-23(34)21(19)24(35)31-18-4-3-16(13-17(18)26)33-10-8-32(2)9-11-33/h3-6,13-14,27H,7-12H2,1-2H3,(H,31,35)(H2,28,30,34). The fourth-order valence-electron chi connectivity index (χ4n) is 4.35. The monoisotopic (exact) mass is 493 g/mol. The van der Waals surface area contributed by atoms with Crippen LogP contribution in [0, 0.1) is 12.7 Å². The second kappa shape index (κ2) is 9.86. The number of aromatic amines is 1. The van der Waals surface area contributed by atoms with E-state index in [2.05, 4.69) is 42.8 Å². The van der Waals surface area contributed by atoms with Gasteiger partial charge in [-0.25, -0.2) is 9.37 Å². The molecule has 2 aromatic heterocycles. The van der Waals surface area contributed by atoms with Gasteiger partial charge in [-0.2, -0.15) is 0 Å². The first-order chi connectivity index (χ1) is 17.4. The summed E-state index contributed by atoms with van der Waals surface area (Å²) < 4.78 is 20.5. The highest BCUT2D eigenvalue weighted by Crippen LogP contribution is 2.34. The molecule has 1 aromatic carbocycles. The van der Waals surface area contributed by atoms with E-state index in [-0.39, 0.29) is 16.9 Å². The van der Waals surface area contributed by atoms with Gasteiger partial charge in [0.25, 0.3) is 11.5 Å². The van der Waals surface area contributed by atoms with Crippen LogP contribution in [0.25, 0.3) is 0 Å². The number of amides is 1. The van der Waals surface area contributed by atoms with Crippen molar-refractivity contribution < 1.29 is 13.9 Å². The number of anilines is 5. The van der Waals surface area contributed by atoms with Crippen molar-refractivity contribution in [1.82, 2.24) is 14.9 Å². The molecule has 1 amide bonds. The first-order valence-corrected chi connectivity index (χ1v) is 11.8. The van der Waals surface area contributed by atoms with Crippen LogP contribution in [0.2, 0.25) is 0 Å². The van der Waals surface area contributed by atoms with Crippen molar-refractivity contribution in [2.45, 2.75) is 6.92 Å². The number of H-pyrrole nitrogens is 1. The number of hydrogen-bond acceptors (Lipinski definition) is 8. The lowest BCUT2D eigenvalue weighted by molar-refractivity contribution is 0.102. The van der Waals surface area contributed by atoms with Crippen molar-refractivity contribution in [1.29, 1.82) is 0 Å². The molecular weight excluding hydrogens is 465 g/mol. The number of ether oxygens (including phenoxy) is 1. The van der Waals surface area contributed by atoms with Crippen LogP contribution in [-0.2, 0) is 0 Å². The third kappa shape index (κ3) is 4.69. The molecule has 0 saturated carbocycles. The normalized spacial score (nSPS) is 15.5. The summed E-state index contributed by atoms with van der Waals surface area (Å²) in [6.45, 7) is 6.45. The van der Waals surface area contributed by atoms with Gasteiger partial charge < -0.3 is 35.5 Å². The zero-order chi connectivity index (χ0) is 25.2. The number of nitrogens with zero attached hydrogens (tertiary/aromatic N) is 3. The summed E-state index contributed by atoms with van der Waals surface area (Å²) in [4.78, 5) is 36.9. The van der Waals surface area contributed by atoms with E-state index >= 15 is 0 Å². The Morgan fingerprint density at radius 1 is 1.14 bits per heavy atom. The predicted molar refractivity (Wildman–Crippen MR) is 137 cm³/mol. The lowest BCUT2D eigenvalue weighted by Gasteiger charge is -2.34. The molecule has 0 unspecified atom stereocenters. The first kappa shape index (κ1) is 23.6. The molecule has 188 valence electrons. The Morgan fingerprint density at radius 2 is 1.94 bits per heavy atom. The van der Waals surface area contributed by atoms with Crippen molar-refractivity contribution in [3.8, 4) is 5.88 Å². The summed E-state index contributed by atoms with van der Waals surface area (Å²) in [5.74, 6) is -0.790. The van der Waals surface area contributed by atoms with Crippen LogP contribution in [0.5, 0.6) is 5.88 Å². The quantitative estimate of drug-likeness (QED) is 0.429. The number of pyridine rings is 2. The molecule has 11 heteroatoms. The van der Waals surface area contributed by atoms with Crippen LogP contribution in [0.1, 0.15) is 15.9 Å². The minimum absolute atomic E-state index is 0.0000531. The van der Waals surface area contributed by atoms with E-state index in [1.165, 1.54) is 18.3 Å². The van der Waals surface area contributed by atoms with Crippen LogP contribution < -0.4 is 31.1 Å². The summed E-state index contributed by atoms with van der Waals surface area (Å²) in [6, 6.07) is 6.28. The number of halogens is 1. The molecule has 2 aliphatic heterocycles. The lowest BCUT2D eigenvalue weighted by atomic mass is 10.1. The molecule has 4 N–H and O–H groups in total. The Labute approximate surface area is 207 Å². The van der Waals surface area contributed by atoms with Gasteiger partial charge in [0.15, 0.2) is 0 Å². The van der Waals surface area contributed by atoms with Gasteiger partial charge in [0.05, 0.1) is 23.3 Å². The number of piperazine rings is 1. The average molecular weight is 494 g/mol. The molecule has 1 saturated heterocycles. The number of rotatable bonds is 5. The lowest BCUT2D eigenvalue weighted by Crippen LogP contribution is -2.44. The summed E-state index contributed by atoms with van der Waals surface area (Å²) in [7, 11) is 2.06. The maximum absolute atomic E-state index is 14.9. The first-order valence-electron chi connectivity index (χ1n) is 11.8.